The van der Waals surface area contributed by atoms with E-state index in [0.717, 1.165) is 49.1 Å². The highest BCUT2D eigenvalue weighted by molar-refractivity contribution is 7.98. The summed E-state index contributed by atoms with van der Waals surface area (Å²) in [6.45, 7) is 6.49. The summed E-state index contributed by atoms with van der Waals surface area (Å²) in [4.78, 5) is 18.3. The Bertz CT molecular complexity index is 682. The van der Waals surface area contributed by atoms with E-state index in [2.05, 4.69) is 15.1 Å². The second-order valence-corrected chi connectivity index (χ2v) is 7.11. The molecular formula is C19H25N3O2S. The Hall–Kier alpha value is -1.76. The zero-order chi connectivity index (χ0) is 17.6. The summed E-state index contributed by atoms with van der Waals surface area (Å²) in [7, 11) is 0. The van der Waals surface area contributed by atoms with Crippen molar-refractivity contribution < 1.29 is 9.21 Å². The zero-order valence-corrected chi connectivity index (χ0v) is 15.6. The third kappa shape index (κ3) is 4.66. The van der Waals surface area contributed by atoms with Crippen LogP contribution in [0.15, 0.2) is 52.0 Å². The van der Waals surface area contributed by atoms with Gasteiger partial charge < -0.3 is 9.73 Å². The molecule has 1 N–H and O–H groups in total. The van der Waals surface area contributed by atoms with Crippen molar-refractivity contribution in [1.29, 1.82) is 0 Å². The zero-order valence-electron chi connectivity index (χ0n) is 14.8. The Labute approximate surface area is 153 Å². The molecular weight excluding hydrogens is 334 g/mol. The van der Waals surface area contributed by atoms with Gasteiger partial charge in [-0.2, -0.15) is 0 Å². The molecule has 0 radical (unpaired) electrons. The van der Waals surface area contributed by atoms with Crippen LogP contribution in [0, 0.1) is 0 Å². The van der Waals surface area contributed by atoms with E-state index in [1.165, 1.54) is 0 Å². The van der Waals surface area contributed by atoms with Crippen LogP contribution in [0.4, 0.5) is 5.69 Å². The van der Waals surface area contributed by atoms with Crippen molar-refractivity contribution in [2.45, 2.75) is 24.4 Å². The Morgan fingerprint density at radius 1 is 1.20 bits per heavy atom. The summed E-state index contributed by atoms with van der Waals surface area (Å²) in [5, 5.41) is 3.08. The van der Waals surface area contributed by atoms with Gasteiger partial charge in [0.1, 0.15) is 5.76 Å². The third-order valence-electron chi connectivity index (χ3n) is 4.66. The Morgan fingerprint density at radius 2 is 1.96 bits per heavy atom. The first-order valence-electron chi connectivity index (χ1n) is 8.60. The highest BCUT2D eigenvalue weighted by Gasteiger charge is 2.26. The normalized spacial score (nSPS) is 17.4. The number of hydrogen-bond donors (Lipinski definition) is 1. The summed E-state index contributed by atoms with van der Waals surface area (Å²) in [6, 6.07) is 11.7. The van der Waals surface area contributed by atoms with Crippen molar-refractivity contribution in [3.63, 3.8) is 0 Å². The van der Waals surface area contributed by atoms with Gasteiger partial charge in [0.05, 0.1) is 24.5 Å². The smallest absolute Gasteiger partial charge is 0.241 e. The Kier molecular flexibility index (Phi) is 6.18. The molecule has 3 rings (SSSR count). The molecule has 0 bridgehead atoms. The van der Waals surface area contributed by atoms with E-state index in [1.54, 1.807) is 18.0 Å². The number of para-hydroxylation sites is 1. The fourth-order valence-corrected chi connectivity index (χ4v) is 3.64. The van der Waals surface area contributed by atoms with E-state index >= 15 is 0 Å². The molecule has 0 saturated carbocycles. The van der Waals surface area contributed by atoms with E-state index in [1.807, 2.05) is 49.6 Å². The molecule has 1 aliphatic heterocycles. The number of anilines is 1. The monoisotopic (exact) mass is 359 g/mol. The second-order valence-electron chi connectivity index (χ2n) is 6.26. The number of rotatable bonds is 6. The lowest BCUT2D eigenvalue weighted by Gasteiger charge is -2.37. The first-order chi connectivity index (χ1) is 12.2. The van der Waals surface area contributed by atoms with Crippen LogP contribution in [0.5, 0.6) is 0 Å². The van der Waals surface area contributed by atoms with E-state index in [9.17, 15) is 4.79 Å². The van der Waals surface area contributed by atoms with Gasteiger partial charge in [-0.1, -0.05) is 12.1 Å². The van der Waals surface area contributed by atoms with Crippen LogP contribution in [0.2, 0.25) is 0 Å². The van der Waals surface area contributed by atoms with E-state index < -0.39 is 0 Å². The second kappa shape index (κ2) is 8.56. The molecule has 1 saturated heterocycles. The minimum absolute atomic E-state index is 0.0565. The van der Waals surface area contributed by atoms with Gasteiger partial charge in [-0.3, -0.25) is 14.6 Å². The highest BCUT2D eigenvalue weighted by Crippen LogP contribution is 2.25. The lowest BCUT2D eigenvalue weighted by Crippen LogP contribution is -2.52. The molecule has 1 aliphatic rings. The highest BCUT2D eigenvalue weighted by atomic mass is 32.2. The Balaban J connectivity index is 1.51. The average molecular weight is 359 g/mol. The van der Waals surface area contributed by atoms with Crippen LogP contribution in [0.25, 0.3) is 0 Å². The summed E-state index contributed by atoms with van der Waals surface area (Å²) in [6.07, 6.45) is 3.73. The van der Waals surface area contributed by atoms with Crippen LogP contribution in [-0.2, 0) is 11.3 Å². The molecule has 0 spiro atoms. The predicted molar refractivity (Wildman–Crippen MR) is 102 cm³/mol. The van der Waals surface area contributed by atoms with Crippen molar-refractivity contribution >= 4 is 23.4 Å². The number of amides is 1. The summed E-state index contributed by atoms with van der Waals surface area (Å²) in [5.74, 6) is 1.05. The summed E-state index contributed by atoms with van der Waals surface area (Å²) < 4.78 is 5.42. The number of nitrogens with one attached hydrogen (secondary N) is 1. The van der Waals surface area contributed by atoms with Crippen LogP contribution in [0.3, 0.4) is 0 Å². The predicted octanol–water partition coefficient (Wildman–Crippen LogP) is 3.15. The molecule has 1 amide bonds. The molecule has 2 aromatic rings. The largest absolute Gasteiger partial charge is 0.468 e. The minimum atomic E-state index is -0.138. The summed E-state index contributed by atoms with van der Waals surface area (Å²) >= 11 is 1.64. The molecule has 1 aromatic heterocycles. The van der Waals surface area contributed by atoms with E-state index in [0.29, 0.717) is 0 Å². The molecule has 1 atom stereocenters. The van der Waals surface area contributed by atoms with Gasteiger partial charge in [0, 0.05) is 31.1 Å². The molecule has 6 heteroatoms. The van der Waals surface area contributed by atoms with Crippen molar-refractivity contribution in [1.82, 2.24) is 9.80 Å². The molecule has 0 aliphatic carbocycles. The SMILES string of the molecule is CSc1ccccc1NC(=O)[C@@H](C)N1CCN(Cc2ccco2)CC1. The van der Waals surface area contributed by atoms with Gasteiger partial charge in [-0.05, 0) is 37.4 Å². The fourth-order valence-electron chi connectivity index (χ4n) is 3.08. The van der Waals surface area contributed by atoms with Crippen LogP contribution < -0.4 is 5.32 Å². The van der Waals surface area contributed by atoms with Crippen molar-refractivity contribution in [3.05, 3.63) is 48.4 Å². The van der Waals surface area contributed by atoms with Gasteiger partial charge in [-0.25, -0.2) is 0 Å². The van der Waals surface area contributed by atoms with Crippen molar-refractivity contribution in [3.8, 4) is 0 Å². The fraction of sp³-hybridized carbons (Fsp3) is 0.421. The first kappa shape index (κ1) is 18.0. The van der Waals surface area contributed by atoms with Crippen LogP contribution in [0.1, 0.15) is 12.7 Å². The number of carbonyl (C=O) groups is 1. The van der Waals surface area contributed by atoms with Gasteiger partial charge >= 0.3 is 0 Å². The maximum Gasteiger partial charge on any atom is 0.241 e. The van der Waals surface area contributed by atoms with E-state index in [4.69, 9.17) is 4.42 Å². The molecule has 2 heterocycles. The lowest BCUT2D eigenvalue weighted by atomic mass is 10.2. The minimum Gasteiger partial charge on any atom is -0.468 e. The number of hydrogen-bond acceptors (Lipinski definition) is 5. The van der Waals surface area contributed by atoms with Crippen LogP contribution >= 0.6 is 11.8 Å². The standard InChI is InChI=1S/C19H25N3O2S/c1-15(19(23)20-17-7-3-4-8-18(17)25-2)22-11-9-21(10-12-22)14-16-6-5-13-24-16/h3-8,13,15H,9-12,14H2,1-2H3,(H,20,23)/t15-/m1/s1. The Morgan fingerprint density at radius 3 is 2.64 bits per heavy atom. The lowest BCUT2D eigenvalue weighted by molar-refractivity contribution is -0.121. The van der Waals surface area contributed by atoms with Gasteiger partial charge in [0.25, 0.3) is 0 Å². The number of thioether (sulfide) groups is 1. The van der Waals surface area contributed by atoms with Crippen molar-refractivity contribution in [2.24, 2.45) is 0 Å². The van der Waals surface area contributed by atoms with E-state index in [-0.39, 0.29) is 11.9 Å². The van der Waals surface area contributed by atoms with Gasteiger partial charge in [-0.15, -0.1) is 11.8 Å². The molecule has 25 heavy (non-hydrogen) atoms. The van der Waals surface area contributed by atoms with Crippen molar-refractivity contribution in [2.75, 3.05) is 37.8 Å². The topological polar surface area (TPSA) is 48.7 Å². The number of benzene rings is 1. The number of nitrogens with zero attached hydrogens (tertiary/aromatic N) is 2. The molecule has 5 nitrogen and oxygen atoms in total. The van der Waals surface area contributed by atoms with Gasteiger partial charge in [0.15, 0.2) is 0 Å². The number of carbonyl (C=O) groups excluding carboxylic acids is 1. The maximum atomic E-state index is 12.6. The molecule has 1 fully saturated rings. The number of piperazine rings is 1. The molecule has 134 valence electrons. The van der Waals surface area contributed by atoms with Crippen LogP contribution in [-0.4, -0.2) is 54.2 Å². The summed E-state index contributed by atoms with van der Waals surface area (Å²) in [5.41, 5.74) is 0.892. The molecule has 0 unspecified atom stereocenters. The molecule has 1 aromatic carbocycles. The first-order valence-corrected chi connectivity index (χ1v) is 9.82. The third-order valence-corrected chi connectivity index (χ3v) is 5.45. The maximum absolute atomic E-state index is 12.6. The number of furan rings is 1. The average Bonchev–Trinajstić information content (AvgIpc) is 3.15. The quantitative estimate of drug-likeness (QED) is 0.803. The van der Waals surface area contributed by atoms with Gasteiger partial charge in [0.2, 0.25) is 5.91 Å².